The van der Waals surface area contributed by atoms with Gasteiger partial charge in [0.2, 0.25) is 5.91 Å². The van der Waals surface area contributed by atoms with E-state index >= 15 is 0 Å². The summed E-state index contributed by atoms with van der Waals surface area (Å²) in [6.07, 6.45) is 2.89. The smallest absolute Gasteiger partial charge is 0.226 e. The van der Waals surface area contributed by atoms with Crippen LogP contribution < -0.4 is 11.1 Å². The van der Waals surface area contributed by atoms with Crippen LogP contribution in [-0.4, -0.2) is 30.6 Å². The molecule has 0 saturated heterocycles. The van der Waals surface area contributed by atoms with Crippen LogP contribution in [0.1, 0.15) is 12.1 Å². The van der Waals surface area contributed by atoms with Crippen LogP contribution in [0.4, 0.5) is 5.13 Å². The molecule has 0 aliphatic rings. The fourth-order valence-electron chi connectivity index (χ4n) is 1.16. The minimum atomic E-state index is -0.0670. The molecule has 0 unspecified atom stereocenters. The van der Waals surface area contributed by atoms with Gasteiger partial charge in [-0.05, 0) is 6.42 Å². The molecular weight excluding hydrogens is 238 g/mol. The lowest BCUT2D eigenvalue weighted by Gasteiger charge is -2.04. The Morgan fingerprint density at radius 2 is 2.47 bits per heavy atom. The SMILES string of the molecule is C=CCCOCCNC(=O)Cc1csc(N)n1. The number of carbonyl (C=O) groups excluding carboxylic acids is 1. The molecule has 0 aliphatic carbocycles. The van der Waals surface area contributed by atoms with Gasteiger partial charge in [-0.2, -0.15) is 0 Å². The van der Waals surface area contributed by atoms with E-state index in [1.807, 2.05) is 0 Å². The van der Waals surface area contributed by atoms with Crippen molar-refractivity contribution >= 4 is 22.4 Å². The molecule has 5 nitrogen and oxygen atoms in total. The number of amides is 1. The van der Waals surface area contributed by atoms with E-state index in [0.717, 1.165) is 6.42 Å². The van der Waals surface area contributed by atoms with Crippen molar-refractivity contribution in [3.05, 3.63) is 23.7 Å². The maximum absolute atomic E-state index is 11.5. The highest BCUT2D eigenvalue weighted by Crippen LogP contribution is 2.10. The summed E-state index contributed by atoms with van der Waals surface area (Å²) in [5.41, 5.74) is 6.18. The first-order valence-corrected chi connectivity index (χ1v) is 6.25. The van der Waals surface area contributed by atoms with E-state index in [9.17, 15) is 4.79 Å². The molecular formula is C11H17N3O2S. The first kappa shape index (κ1) is 13.7. The number of hydrogen-bond donors (Lipinski definition) is 2. The number of nitrogens with zero attached hydrogens (tertiary/aromatic N) is 1. The van der Waals surface area contributed by atoms with Crippen molar-refractivity contribution in [3.8, 4) is 0 Å². The molecule has 0 aromatic carbocycles. The second-order valence-corrected chi connectivity index (χ2v) is 4.28. The molecule has 0 fully saturated rings. The van der Waals surface area contributed by atoms with E-state index < -0.39 is 0 Å². The molecule has 1 rings (SSSR count). The molecule has 3 N–H and O–H groups in total. The highest BCUT2D eigenvalue weighted by molar-refractivity contribution is 7.13. The second-order valence-electron chi connectivity index (χ2n) is 3.39. The van der Waals surface area contributed by atoms with E-state index in [-0.39, 0.29) is 12.3 Å². The molecule has 17 heavy (non-hydrogen) atoms. The molecule has 0 saturated carbocycles. The fraction of sp³-hybridized carbons (Fsp3) is 0.455. The molecule has 1 heterocycles. The molecule has 0 spiro atoms. The minimum absolute atomic E-state index is 0.0670. The van der Waals surface area contributed by atoms with Gasteiger partial charge in [0.1, 0.15) is 0 Å². The van der Waals surface area contributed by atoms with E-state index in [2.05, 4.69) is 16.9 Å². The lowest BCUT2D eigenvalue weighted by Crippen LogP contribution is -2.28. The summed E-state index contributed by atoms with van der Waals surface area (Å²) in [7, 11) is 0. The van der Waals surface area contributed by atoms with E-state index in [0.29, 0.717) is 30.6 Å². The Morgan fingerprint density at radius 1 is 1.65 bits per heavy atom. The summed E-state index contributed by atoms with van der Waals surface area (Å²) in [6.45, 7) is 5.25. The van der Waals surface area contributed by atoms with Crippen LogP contribution in [0, 0.1) is 0 Å². The van der Waals surface area contributed by atoms with Gasteiger partial charge in [0.15, 0.2) is 5.13 Å². The normalized spacial score (nSPS) is 10.1. The van der Waals surface area contributed by atoms with Crippen LogP contribution >= 0.6 is 11.3 Å². The van der Waals surface area contributed by atoms with Crippen molar-refractivity contribution in [1.82, 2.24) is 10.3 Å². The predicted molar refractivity (Wildman–Crippen MR) is 68.9 cm³/mol. The van der Waals surface area contributed by atoms with Gasteiger partial charge in [-0.3, -0.25) is 4.79 Å². The Bertz CT molecular complexity index is 365. The summed E-state index contributed by atoms with van der Waals surface area (Å²) >= 11 is 1.34. The zero-order valence-corrected chi connectivity index (χ0v) is 10.5. The number of anilines is 1. The minimum Gasteiger partial charge on any atom is -0.379 e. The quantitative estimate of drug-likeness (QED) is 0.536. The number of hydrogen-bond acceptors (Lipinski definition) is 5. The number of ether oxygens (including phenoxy) is 1. The molecule has 0 aliphatic heterocycles. The Hall–Kier alpha value is -1.40. The van der Waals surface area contributed by atoms with Crippen LogP contribution in [0.2, 0.25) is 0 Å². The van der Waals surface area contributed by atoms with Gasteiger partial charge in [-0.15, -0.1) is 17.9 Å². The molecule has 0 bridgehead atoms. The number of rotatable bonds is 8. The number of nitrogens with two attached hydrogens (primary N) is 1. The largest absolute Gasteiger partial charge is 0.379 e. The van der Waals surface area contributed by atoms with Crippen molar-refractivity contribution in [3.63, 3.8) is 0 Å². The van der Waals surface area contributed by atoms with Crippen molar-refractivity contribution in [1.29, 1.82) is 0 Å². The van der Waals surface area contributed by atoms with Gasteiger partial charge >= 0.3 is 0 Å². The van der Waals surface area contributed by atoms with Crippen LogP contribution in [-0.2, 0) is 16.0 Å². The van der Waals surface area contributed by atoms with Crippen molar-refractivity contribution < 1.29 is 9.53 Å². The highest BCUT2D eigenvalue weighted by Gasteiger charge is 2.05. The predicted octanol–water partition coefficient (Wildman–Crippen LogP) is 0.977. The lowest BCUT2D eigenvalue weighted by molar-refractivity contribution is -0.120. The summed E-state index contributed by atoms with van der Waals surface area (Å²) in [4.78, 5) is 15.5. The number of carbonyl (C=O) groups is 1. The number of nitrogens with one attached hydrogen (secondary N) is 1. The van der Waals surface area contributed by atoms with Gasteiger partial charge in [-0.1, -0.05) is 6.08 Å². The third-order valence-corrected chi connectivity index (χ3v) is 2.67. The van der Waals surface area contributed by atoms with Crippen molar-refractivity contribution in [2.24, 2.45) is 0 Å². The third kappa shape index (κ3) is 6.03. The molecule has 0 radical (unpaired) electrons. The van der Waals surface area contributed by atoms with Gasteiger partial charge in [-0.25, -0.2) is 4.98 Å². The average Bonchev–Trinajstić information content (AvgIpc) is 2.69. The van der Waals surface area contributed by atoms with Crippen molar-refractivity contribution in [2.75, 3.05) is 25.5 Å². The number of thiazole rings is 1. The lowest BCUT2D eigenvalue weighted by atomic mass is 10.3. The topological polar surface area (TPSA) is 77.2 Å². The standard InChI is InChI=1S/C11H17N3O2S/c1-2-3-5-16-6-4-13-10(15)7-9-8-17-11(12)14-9/h2,8H,1,3-7H2,(H2,12,14)(H,13,15). The van der Waals surface area contributed by atoms with Crippen molar-refractivity contribution in [2.45, 2.75) is 12.8 Å². The molecule has 1 aromatic heterocycles. The summed E-state index contributed by atoms with van der Waals surface area (Å²) in [5.74, 6) is -0.0670. The maximum atomic E-state index is 11.5. The van der Waals surface area contributed by atoms with Crippen LogP contribution in [0.3, 0.4) is 0 Å². The molecule has 94 valence electrons. The average molecular weight is 255 g/mol. The first-order valence-electron chi connectivity index (χ1n) is 5.37. The Morgan fingerprint density at radius 3 is 3.12 bits per heavy atom. The molecule has 6 heteroatoms. The summed E-state index contributed by atoms with van der Waals surface area (Å²) < 4.78 is 5.26. The van der Waals surface area contributed by atoms with Crippen LogP contribution in [0.15, 0.2) is 18.0 Å². The van der Waals surface area contributed by atoms with Gasteiger partial charge in [0, 0.05) is 11.9 Å². The van der Waals surface area contributed by atoms with Gasteiger partial charge < -0.3 is 15.8 Å². The summed E-state index contributed by atoms with van der Waals surface area (Å²) in [5, 5.41) is 5.03. The first-order chi connectivity index (χ1) is 8.22. The zero-order chi connectivity index (χ0) is 12.5. The second kappa shape index (κ2) is 7.81. The van der Waals surface area contributed by atoms with E-state index in [1.54, 1.807) is 11.5 Å². The third-order valence-electron chi connectivity index (χ3n) is 1.95. The maximum Gasteiger partial charge on any atom is 0.226 e. The number of nitrogen functional groups attached to an aromatic ring is 1. The molecule has 1 aromatic rings. The Labute approximate surface area is 105 Å². The Balaban J connectivity index is 2.07. The van der Waals surface area contributed by atoms with E-state index in [4.69, 9.17) is 10.5 Å². The molecule has 1 amide bonds. The molecule has 0 atom stereocenters. The van der Waals surface area contributed by atoms with Crippen LogP contribution in [0.25, 0.3) is 0 Å². The highest BCUT2D eigenvalue weighted by atomic mass is 32.1. The Kier molecular flexibility index (Phi) is 6.27. The fourth-order valence-corrected chi connectivity index (χ4v) is 1.72. The number of aromatic nitrogens is 1. The zero-order valence-electron chi connectivity index (χ0n) is 9.65. The van der Waals surface area contributed by atoms with E-state index in [1.165, 1.54) is 11.3 Å². The monoisotopic (exact) mass is 255 g/mol. The van der Waals surface area contributed by atoms with Gasteiger partial charge in [0.25, 0.3) is 0 Å². The summed E-state index contributed by atoms with van der Waals surface area (Å²) in [6, 6.07) is 0. The van der Waals surface area contributed by atoms with Crippen LogP contribution in [0.5, 0.6) is 0 Å². The van der Waals surface area contributed by atoms with Gasteiger partial charge in [0.05, 0.1) is 25.3 Å².